The fraction of sp³-hybridized carbons (Fsp3) is 0.111. The first-order chi connectivity index (χ1) is 12.3. The molecule has 2 aromatic heterocycles. The molecule has 1 amide bonds. The van der Waals surface area contributed by atoms with Crippen LogP contribution in [0.5, 0.6) is 0 Å². The summed E-state index contributed by atoms with van der Waals surface area (Å²) in [4.78, 5) is 15.5. The Morgan fingerprint density at radius 3 is 2.96 bits per heavy atom. The van der Waals surface area contributed by atoms with Gasteiger partial charge in [-0.3, -0.25) is 4.79 Å². The van der Waals surface area contributed by atoms with Crippen LogP contribution in [0.25, 0.3) is 16.6 Å². The van der Waals surface area contributed by atoms with E-state index in [4.69, 9.17) is 0 Å². The number of tetrazole rings is 1. The van der Waals surface area contributed by atoms with Gasteiger partial charge in [-0.2, -0.15) is 0 Å². The summed E-state index contributed by atoms with van der Waals surface area (Å²) in [7, 11) is 0. The molecule has 0 saturated heterocycles. The summed E-state index contributed by atoms with van der Waals surface area (Å²) in [5.41, 5.74) is 3.75. The molecule has 0 aliphatic heterocycles. The van der Waals surface area contributed by atoms with Crippen molar-refractivity contribution in [2.24, 2.45) is 0 Å². The lowest BCUT2D eigenvalue weighted by Gasteiger charge is -2.07. The highest BCUT2D eigenvalue weighted by Crippen LogP contribution is 2.19. The zero-order chi connectivity index (χ0) is 17.1. The van der Waals surface area contributed by atoms with Crippen molar-refractivity contribution in [1.82, 2.24) is 25.2 Å². The molecule has 2 N–H and O–H groups in total. The summed E-state index contributed by atoms with van der Waals surface area (Å²) in [6.07, 6.45) is 4.58. The van der Waals surface area contributed by atoms with Crippen LogP contribution < -0.4 is 5.32 Å². The van der Waals surface area contributed by atoms with E-state index in [9.17, 15) is 4.79 Å². The van der Waals surface area contributed by atoms with Gasteiger partial charge < -0.3 is 10.3 Å². The summed E-state index contributed by atoms with van der Waals surface area (Å²) < 4.78 is 1.54. The van der Waals surface area contributed by atoms with Crippen LogP contribution in [0.3, 0.4) is 0 Å². The molecule has 0 radical (unpaired) electrons. The van der Waals surface area contributed by atoms with Gasteiger partial charge in [0.05, 0.1) is 5.69 Å². The summed E-state index contributed by atoms with van der Waals surface area (Å²) in [6, 6.07) is 15.5. The number of anilines is 1. The molecule has 0 aliphatic rings. The van der Waals surface area contributed by atoms with E-state index in [-0.39, 0.29) is 5.91 Å². The lowest BCUT2D eigenvalue weighted by Crippen LogP contribution is -2.12. The molecule has 124 valence electrons. The second-order valence-electron chi connectivity index (χ2n) is 5.71. The highest BCUT2D eigenvalue weighted by Gasteiger charge is 2.08. The Kier molecular flexibility index (Phi) is 3.96. The number of hydrogen-bond acceptors (Lipinski definition) is 4. The molecule has 2 aromatic carbocycles. The first-order valence-corrected chi connectivity index (χ1v) is 7.98. The Hall–Kier alpha value is -3.48. The van der Waals surface area contributed by atoms with E-state index in [2.05, 4.69) is 31.9 Å². The minimum Gasteiger partial charge on any atom is -0.361 e. The van der Waals surface area contributed by atoms with Crippen LogP contribution in [-0.4, -0.2) is 31.1 Å². The SMILES string of the molecule is O=C(CCc1c[nH]c2ccccc12)Nc1cccc(-n2cnnn2)c1. The molecule has 0 spiro atoms. The third kappa shape index (κ3) is 3.25. The van der Waals surface area contributed by atoms with Crippen molar-refractivity contribution in [3.63, 3.8) is 0 Å². The van der Waals surface area contributed by atoms with Crippen molar-refractivity contribution in [2.45, 2.75) is 12.8 Å². The zero-order valence-corrected chi connectivity index (χ0v) is 13.4. The van der Waals surface area contributed by atoms with E-state index in [1.807, 2.05) is 48.7 Å². The minimum atomic E-state index is -0.0286. The largest absolute Gasteiger partial charge is 0.361 e. The Morgan fingerprint density at radius 2 is 2.08 bits per heavy atom. The minimum absolute atomic E-state index is 0.0286. The van der Waals surface area contributed by atoms with Crippen LogP contribution >= 0.6 is 0 Å². The van der Waals surface area contributed by atoms with Crippen LogP contribution in [0, 0.1) is 0 Å². The zero-order valence-electron chi connectivity index (χ0n) is 13.4. The standard InChI is InChI=1S/C18H16N6O/c25-18(9-8-13-11-19-17-7-2-1-6-16(13)17)21-14-4-3-5-15(10-14)24-12-20-22-23-24/h1-7,10-12,19H,8-9H2,(H,21,25). The number of fused-ring (bicyclic) bond motifs is 1. The van der Waals surface area contributed by atoms with Gasteiger partial charge in [-0.05, 0) is 46.7 Å². The Balaban J connectivity index is 1.42. The number of para-hydroxylation sites is 1. The quantitative estimate of drug-likeness (QED) is 0.588. The van der Waals surface area contributed by atoms with E-state index in [1.54, 1.807) is 4.68 Å². The molecular weight excluding hydrogens is 316 g/mol. The van der Waals surface area contributed by atoms with Crippen molar-refractivity contribution < 1.29 is 4.79 Å². The van der Waals surface area contributed by atoms with Gasteiger partial charge in [0.25, 0.3) is 0 Å². The summed E-state index contributed by atoms with van der Waals surface area (Å²) >= 11 is 0. The normalized spacial score (nSPS) is 10.9. The van der Waals surface area contributed by atoms with Crippen LogP contribution in [0.15, 0.2) is 61.1 Å². The van der Waals surface area contributed by atoms with Crippen LogP contribution in [0.1, 0.15) is 12.0 Å². The van der Waals surface area contributed by atoms with E-state index in [0.29, 0.717) is 12.8 Å². The number of aromatic nitrogens is 5. The van der Waals surface area contributed by atoms with E-state index < -0.39 is 0 Å². The van der Waals surface area contributed by atoms with Gasteiger partial charge in [0.1, 0.15) is 6.33 Å². The Bertz CT molecular complexity index is 1010. The molecule has 0 aliphatic carbocycles. The number of carbonyl (C=O) groups is 1. The number of aryl methyl sites for hydroxylation is 1. The molecule has 7 heteroatoms. The number of rotatable bonds is 5. The van der Waals surface area contributed by atoms with Gasteiger partial charge in [-0.25, -0.2) is 4.68 Å². The first kappa shape index (κ1) is 15.1. The monoisotopic (exact) mass is 332 g/mol. The number of nitrogens with one attached hydrogen (secondary N) is 2. The predicted octanol–water partition coefficient (Wildman–Crippen LogP) is 2.71. The highest BCUT2D eigenvalue weighted by molar-refractivity contribution is 5.91. The molecule has 0 saturated carbocycles. The van der Waals surface area contributed by atoms with Crippen LogP contribution in [0.2, 0.25) is 0 Å². The average Bonchev–Trinajstić information content (AvgIpc) is 3.30. The second kappa shape index (κ2) is 6.56. The fourth-order valence-corrected chi connectivity index (χ4v) is 2.82. The topological polar surface area (TPSA) is 88.5 Å². The second-order valence-corrected chi connectivity index (χ2v) is 5.71. The molecule has 0 bridgehead atoms. The number of carbonyl (C=O) groups excluding carboxylic acids is 1. The van der Waals surface area contributed by atoms with Crippen molar-refractivity contribution in [3.8, 4) is 5.69 Å². The van der Waals surface area contributed by atoms with Crippen LogP contribution in [-0.2, 0) is 11.2 Å². The van der Waals surface area contributed by atoms with E-state index in [0.717, 1.165) is 27.8 Å². The maximum Gasteiger partial charge on any atom is 0.224 e. The number of aromatic amines is 1. The molecule has 0 fully saturated rings. The first-order valence-electron chi connectivity index (χ1n) is 7.98. The fourth-order valence-electron chi connectivity index (χ4n) is 2.82. The number of benzene rings is 2. The van der Waals surface area contributed by atoms with Gasteiger partial charge in [0.15, 0.2) is 0 Å². The molecule has 0 unspecified atom stereocenters. The number of amides is 1. The summed E-state index contributed by atoms with van der Waals surface area (Å²) in [6.45, 7) is 0. The summed E-state index contributed by atoms with van der Waals surface area (Å²) in [5, 5.41) is 15.2. The smallest absolute Gasteiger partial charge is 0.224 e. The molecular formula is C18H16N6O. The number of H-pyrrole nitrogens is 1. The highest BCUT2D eigenvalue weighted by atomic mass is 16.1. The predicted molar refractivity (Wildman–Crippen MR) is 94.4 cm³/mol. The lowest BCUT2D eigenvalue weighted by molar-refractivity contribution is -0.116. The van der Waals surface area contributed by atoms with E-state index in [1.165, 1.54) is 6.33 Å². The summed E-state index contributed by atoms with van der Waals surface area (Å²) in [5.74, 6) is -0.0286. The van der Waals surface area contributed by atoms with Gasteiger partial charge in [-0.1, -0.05) is 24.3 Å². The Morgan fingerprint density at radius 1 is 1.16 bits per heavy atom. The maximum atomic E-state index is 12.3. The van der Waals surface area contributed by atoms with E-state index >= 15 is 0 Å². The third-order valence-corrected chi connectivity index (χ3v) is 4.04. The maximum absolute atomic E-state index is 12.3. The molecule has 25 heavy (non-hydrogen) atoms. The molecule has 2 heterocycles. The van der Waals surface area contributed by atoms with Gasteiger partial charge in [-0.15, -0.1) is 5.10 Å². The molecule has 7 nitrogen and oxygen atoms in total. The number of hydrogen-bond donors (Lipinski definition) is 2. The van der Waals surface area contributed by atoms with Crippen molar-refractivity contribution in [3.05, 3.63) is 66.6 Å². The lowest BCUT2D eigenvalue weighted by atomic mass is 10.1. The van der Waals surface area contributed by atoms with Gasteiger partial charge in [0, 0.05) is 29.2 Å². The third-order valence-electron chi connectivity index (χ3n) is 4.04. The van der Waals surface area contributed by atoms with Crippen molar-refractivity contribution in [1.29, 1.82) is 0 Å². The average molecular weight is 332 g/mol. The van der Waals surface area contributed by atoms with Crippen molar-refractivity contribution >= 4 is 22.5 Å². The van der Waals surface area contributed by atoms with Crippen molar-refractivity contribution in [2.75, 3.05) is 5.32 Å². The molecule has 0 atom stereocenters. The Labute approximate surface area is 143 Å². The van der Waals surface area contributed by atoms with Crippen LogP contribution in [0.4, 0.5) is 5.69 Å². The molecule has 4 rings (SSSR count). The number of nitrogens with zero attached hydrogens (tertiary/aromatic N) is 4. The van der Waals surface area contributed by atoms with Gasteiger partial charge in [0.2, 0.25) is 5.91 Å². The molecule has 4 aromatic rings. The van der Waals surface area contributed by atoms with Gasteiger partial charge >= 0.3 is 0 Å².